The van der Waals surface area contributed by atoms with Crippen LogP contribution in [0.25, 0.3) is 0 Å². The number of nitrogens with zero attached hydrogens (tertiary/aromatic N) is 1. The summed E-state index contributed by atoms with van der Waals surface area (Å²) in [4.78, 5) is 10.2. The number of benzene rings is 1. The van der Waals surface area contributed by atoms with Crippen LogP contribution in [0.1, 0.15) is 12.0 Å². The highest BCUT2D eigenvalue weighted by atomic mass is 16.6. The lowest BCUT2D eigenvalue weighted by Crippen LogP contribution is -1.99. The summed E-state index contributed by atoms with van der Waals surface area (Å²) in [6.07, 6.45) is 0.282. The number of nitrogens with two attached hydrogens (primary N) is 1. The molecule has 1 rings (SSSR count). The van der Waals surface area contributed by atoms with Crippen molar-refractivity contribution in [1.82, 2.24) is 0 Å². The van der Waals surface area contributed by atoms with Crippen LogP contribution in [0.15, 0.2) is 12.1 Å². The van der Waals surface area contributed by atoms with Gasteiger partial charge in [0.05, 0.1) is 30.3 Å². The van der Waals surface area contributed by atoms with Crippen LogP contribution < -0.4 is 10.5 Å². The Labute approximate surface area is 98.2 Å². The predicted octanol–water partition coefficient (Wildman–Crippen LogP) is 0.919. The van der Waals surface area contributed by atoms with Crippen LogP contribution in [0.3, 0.4) is 0 Å². The Morgan fingerprint density at radius 2 is 2.29 bits per heavy atom. The Bertz CT molecular complexity index is 488. The van der Waals surface area contributed by atoms with Gasteiger partial charge in [-0.1, -0.05) is 11.8 Å². The van der Waals surface area contributed by atoms with E-state index < -0.39 is 4.92 Å². The molecule has 1 aromatic rings. The molecule has 0 saturated carbocycles. The van der Waals surface area contributed by atoms with Crippen molar-refractivity contribution >= 4 is 11.4 Å². The molecule has 0 aliphatic carbocycles. The number of hydrogen-bond acceptors (Lipinski definition) is 5. The number of rotatable bonds is 3. The zero-order valence-corrected chi connectivity index (χ0v) is 9.27. The van der Waals surface area contributed by atoms with Crippen molar-refractivity contribution in [3.63, 3.8) is 0 Å². The number of aliphatic hydroxyl groups is 1. The molecule has 6 nitrogen and oxygen atoms in total. The van der Waals surface area contributed by atoms with E-state index in [2.05, 4.69) is 11.8 Å². The van der Waals surface area contributed by atoms with Crippen molar-refractivity contribution in [1.29, 1.82) is 0 Å². The fourth-order valence-electron chi connectivity index (χ4n) is 1.20. The second-order valence-corrected chi connectivity index (χ2v) is 3.14. The monoisotopic (exact) mass is 236 g/mol. The average Bonchev–Trinajstić information content (AvgIpc) is 2.31. The first kappa shape index (κ1) is 12.8. The summed E-state index contributed by atoms with van der Waals surface area (Å²) in [7, 11) is 1.40. The average molecular weight is 236 g/mol. The molecule has 0 spiro atoms. The predicted molar refractivity (Wildman–Crippen MR) is 62.6 cm³/mol. The molecule has 3 N–H and O–H groups in total. The van der Waals surface area contributed by atoms with E-state index in [0.717, 1.165) is 0 Å². The summed E-state index contributed by atoms with van der Waals surface area (Å²) in [5.41, 5.74) is 5.71. The third-order valence-corrected chi connectivity index (χ3v) is 2.02. The number of aliphatic hydroxyl groups excluding tert-OH is 1. The molecule has 0 heterocycles. The Balaban J connectivity index is 3.25. The van der Waals surface area contributed by atoms with Crippen molar-refractivity contribution in [3.8, 4) is 17.6 Å². The SMILES string of the molecule is COc1cc(C#CCCO)c(N)c([N+](=O)[O-])c1. The van der Waals surface area contributed by atoms with Crippen LogP contribution in [0, 0.1) is 22.0 Å². The lowest BCUT2D eigenvalue weighted by molar-refractivity contribution is -0.384. The van der Waals surface area contributed by atoms with Gasteiger partial charge in [0.1, 0.15) is 11.4 Å². The van der Waals surface area contributed by atoms with Gasteiger partial charge in [-0.3, -0.25) is 10.1 Å². The number of nitro benzene ring substituents is 1. The van der Waals surface area contributed by atoms with E-state index in [1.807, 2.05) is 0 Å². The summed E-state index contributed by atoms with van der Waals surface area (Å²) in [6, 6.07) is 2.76. The Hall–Kier alpha value is -2.26. The molecule has 90 valence electrons. The molecule has 0 atom stereocenters. The molecule has 0 aliphatic rings. The fraction of sp³-hybridized carbons (Fsp3) is 0.273. The highest BCUT2D eigenvalue weighted by Gasteiger charge is 2.16. The highest BCUT2D eigenvalue weighted by Crippen LogP contribution is 2.30. The second-order valence-electron chi connectivity index (χ2n) is 3.14. The summed E-state index contributed by atoms with van der Waals surface area (Å²) >= 11 is 0. The molecule has 0 amide bonds. The molecule has 0 fully saturated rings. The molecule has 0 radical (unpaired) electrons. The second kappa shape index (κ2) is 5.72. The van der Waals surface area contributed by atoms with Gasteiger partial charge in [-0.2, -0.15) is 0 Å². The van der Waals surface area contributed by atoms with E-state index in [9.17, 15) is 10.1 Å². The van der Waals surface area contributed by atoms with E-state index >= 15 is 0 Å². The van der Waals surface area contributed by atoms with Crippen LogP contribution in [0.2, 0.25) is 0 Å². The first-order valence-corrected chi connectivity index (χ1v) is 4.81. The molecule has 0 unspecified atom stereocenters. The van der Waals surface area contributed by atoms with Gasteiger partial charge in [-0.25, -0.2) is 0 Å². The molecule has 17 heavy (non-hydrogen) atoms. The molecular formula is C11H12N2O4. The number of methoxy groups -OCH3 is 1. The molecule has 0 aliphatic heterocycles. The standard InChI is InChI=1S/C11H12N2O4/c1-17-9-6-8(4-2-3-5-14)11(12)10(7-9)13(15)16/h6-7,14H,3,5,12H2,1H3. The van der Waals surface area contributed by atoms with Gasteiger partial charge in [0, 0.05) is 6.42 Å². The largest absolute Gasteiger partial charge is 0.496 e. The van der Waals surface area contributed by atoms with Crippen molar-refractivity contribution in [2.45, 2.75) is 6.42 Å². The fourth-order valence-corrected chi connectivity index (χ4v) is 1.20. The first-order chi connectivity index (χ1) is 8.10. The number of nitro groups is 1. The van der Waals surface area contributed by atoms with Crippen LogP contribution in [0.4, 0.5) is 11.4 Å². The molecule has 0 bridgehead atoms. The van der Waals surface area contributed by atoms with Gasteiger partial charge in [-0.05, 0) is 6.07 Å². The maximum atomic E-state index is 10.8. The van der Waals surface area contributed by atoms with Gasteiger partial charge in [0.25, 0.3) is 5.69 Å². The number of ether oxygens (including phenoxy) is 1. The normalized spacial score (nSPS) is 9.29. The third kappa shape index (κ3) is 3.09. The van der Waals surface area contributed by atoms with Gasteiger partial charge in [0.2, 0.25) is 0 Å². The van der Waals surface area contributed by atoms with Crippen molar-refractivity contribution in [3.05, 3.63) is 27.8 Å². The maximum absolute atomic E-state index is 10.8. The summed E-state index contributed by atoms with van der Waals surface area (Å²) in [5.74, 6) is 5.63. The third-order valence-electron chi connectivity index (χ3n) is 2.02. The molecular weight excluding hydrogens is 224 g/mol. The van der Waals surface area contributed by atoms with Crippen LogP contribution in [-0.2, 0) is 0 Å². The zero-order valence-electron chi connectivity index (χ0n) is 9.27. The minimum absolute atomic E-state index is 0.00115. The Morgan fingerprint density at radius 1 is 1.59 bits per heavy atom. The van der Waals surface area contributed by atoms with Crippen molar-refractivity contribution < 1.29 is 14.8 Å². The Morgan fingerprint density at radius 3 is 2.82 bits per heavy atom. The van der Waals surface area contributed by atoms with Crippen LogP contribution >= 0.6 is 0 Å². The van der Waals surface area contributed by atoms with Gasteiger partial charge < -0.3 is 15.6 Å². The number of hydrogen-bond donors (Lipinski definition) is 2. The lowest BCUT2D eigenvalue weighted by Gasteiger charge is -2.04. The molecule has 0 saturated heterocycles. The smallest absolute Gasteiger partial charge is 0.297 e. The summed E-state index contributed by atoms with van der Waals surface area (Å²) in [5, 5.41) is 19.3. The van der Waals surface area contributed by atoms with Crippen LogP contribution in [-0.4, -0.2) is 23.7 Å². The summed E-state index contributed by atoms with van der Waals surface area (Å²) < 4.78 is 4.93. The van der Waals surface area contributed by atoms with E-state index in [1.165, 1.54) is 19.2 Å². The maximum Gasteiger partial charge on any atom is 0.297 e. The van der Waals surface area contributed by atoms with E-state index in [0.29, 0.717) is 11.3 Å². The van der Waals surface area contributed by atoms with Gasteiger partial charge in [0.15, 0.2) is 0 Å². The van der Waals surface area contributed by atoms with Gasteiger partial charge in [-0.15, -0.1) is 0 Å². The molecule has 0 aromatic heterocycles. The van der Waals surface area contributed by atoms with Gasteiger partial charge >= 0.3 is 0 Å². The zero-order chi connectivity index (χ0) is 12.8. The number of nitrogen functional groups attached to an aromatic ring is 1. The lowest BCUT2D eigenvalue weighted by atomic mass is 10.1. The minimum Gasteiger partial charge on any atom is -0.496 e. The molecule has 6 heteroatoms. The van der Waals surface area contributed by atoms with Crippen LogP contribution in [0.5, 0.6) is 5.75 Å². The van der Waals surface area contributed by atoms with E-state index in [1.54, 1.807) is 0 Å². The molecule has 1 aromatic carbocycles. The van der Waals surface area contributed by atoms with E-state index in [-0.39, 0.29) is 24.4 Å². The Kier molecular flexibility index (Phi) is 4.31. The van der Waals surface area contributed by atoms with Crippen molar-refractivity contribution in [2.24, 2.45) is 0 Å². The first-order valence-electron chi connectivity index (χ1n) is 4.81. The summed E-state index contributed by atoms with van der Waals surface area (Å²) in [6.45, 7) is -0.0705. The highest BCUT2D eigenvalue weighted by molar-refractivity contribution is 5.70. The minimum atomic E-state index is -0.588. The topological polar surface area (TPSA) is 98.6 Å². The van der Waals surface area contributed by atoms with Crippen molar-refractivity contribution in [2.75, 3.05) is 19.5 Å². The number of anilines is 1. The quantitative estimate of drug-likeness (QED) is 0.352. The van der Waals surface area contributed by atoms with E-state index in [4.69, 9.17) is 15.6 Å².